The van der Waals surface area contributed by atoms with Gasteiger partial charge in [-0.25, -0.2) is 8.78 Å². The van der Waals surface area contributed by atoms with Crippen molar-refractivity contribution in [3.8, 4) is 12.3 Å². The molecule has 8 heteroatoms. The van der Waals surface area contributed by atoms with E-state index in [0.29, 0.717) is 0 Å². The summed E-state index contributed by atoms with van der Waals surface area (Å²) in [5, 5.41) is 20.4. The van der Waals surface area contributed by atoms with E-state index in [2.05, 4.69) is 6.58 Å². The van der Waals surface area contributed by atoms with Crippen molar-refractivity contribution < 1.29 is 18.6 Å². The number of hydrogen-bond donors (Lipinski definition) is 0. The van der Waals surface area contributed by atoms with Crippen LogP contribution in [-0.2, 0) is 0 Å². The Bertz CT molecular complexity index is 844. The molecule has 2 rings (SSSR count). The highest BCUT2D eigenvalue weighted by atomic mass is 19.1. The highest BCUT2D eigenvalue weighted by Crippen LogP contribution is 2.17. The lowest BCUT2D eigenvalue weighted by molar-refractivity contribution is -0.385. The molecule has 122 valence electrons. The molecule has 24 heavy (non-hydrogen) atoms. The van der Waals surface area contributed by atoms with Crippen molar-refractivity contribution in [1.29, 1.82) is 0 Å². The van der Waals surface area contributed by atoms with Crippen molar-refractivity contribution in [2.24, 2.45) is 0 Å². The van der Waals surface area contributed by atoms with Gasteiger partial charge in [0.2, 0.25) is 0 Å². The first-order chi connectivity index (χ1) is 11.3. The third-order valence-electron chi connectivity index (χ3n) is 2.73. The van der Waals surface area contributed by atoms with Gasteiger partial charge in [0.1, 0.15) is 11.6 Å². The quantitative estimate of drug-likeness (QED) is 0.481. The van der Waals surface area contributed by atoms with E-state index in [9.17, 15) is 29.0 Å². The minimum absolute atomic E-state index is 0.0933. The molecule has 0 N–H and O–H groups in total. The Morgan fingerprint density at radius 2 is 1.50 bits per heavy atom. The summed E-state index contributed by atoms with van der Waals surface area (Å²) in [6, 6.07) is 6.37. The maximum absolute atomic E-state index is 12.7. The summed E-state index contributed by atoms with van der Waals surface area (Å²) in [5.74, 6) is 0.885. The van der Waals surface area contributed by atoms with Gasteiger partial charge < -0.3 is 0 Å². The second-order valence-electron chi connectivity index (χ2n) is 4.23. The second-order valence-corrected chi connectivity index (χ2v) is 4.23. The Labute approximate surface area is 135 Å². The van der Waals surface area contributed by atoms with E-state index in [4.69, 9.17) is 6.42 Å². The van der Waals surface area contributed by atoms with Crippen LogP contribution in [0.1, 0.15) is 11.1 Å². The molecule has 0 fully saturated rings. The average Bonchev–Trinajstić information content (AvgIpc) is 2.55. The van der Waals surface area contributed by atoms with Gasteiger partial charge in [-0.2, -0.15) is 0 Å². The summed E-state index contributed by atoms with van der Waals surface area (Å²) in [5.41, 5.74) is -0.288. The zero-order chi connectivity index (χ0) is 18.3. The Morgan fingerprint density at radius 3 is 1.96 bits per heavy atom. The number of non-ortho nitro benzene ring substituents is 2. The van der Waals surface area contributed by atoms with E-state index in [0.717, 1.165) is 36.4 Å². The molecule has 0 saturated heterocycles. The third-order valence-corrected chi connectivity index (χ3v) is 2.73. The van der Waals surface area contributed by atoms with Crippen LogP contribution in [0.15, 0.2) is 43.0 Å². The minimum atomic E-state index is -0.625. The summed E-state index contributed by atoms with van der Waals surface area (Å²) in [6.07, 6.45) is 6.15. The van der Waals surface area contributed by atoms with Crippen LogP contribution in [0.25, 0.3) is 6.08 Å². The van der Waals surface area contributed by atoms with E-state index < -0.39 is 21.5 Å². The van der Waals surface area contributed by atoms with E-state index in [1.54, 1.807) is 0 Å². The molecule has 0 aliphatic rings. The molecule has 0 bridgehead atoms. The Morgan fingerprint density at radius 1 is 1.00 bits per heavy atom. The van der Waals surface area contributed by atoms with Crippen molar-refractivity contribution in [3.63, 3.8) is 0 Å². The van der Waals surface area contributed by atoms with Crippen molar-refractivity contribution in [2.75, 3.05) is 0 Å². The molecule has 0 aromatic heterocycles. The maximum atomic E-state index is 12.7. The maximum Gasteiger partial charge on any atom is 0.270 e. The normalized spacial score (nSPS) is 9.21. The van der Waals surface area contributed by atoms with E-state index in [1.165, 1.54) is 6.08 Å². The number of hydrogen-bond acceptors (Lipinski definition) is 4. The number of benzene rings is 2. The Hall–Kier alpha value is -3.60. The van der Waals surface area contributed by atoms with Gasteiger partial charge in [-0.1, -0.05) is 18.6 Å². The first-order valence-corrected chi connectivity index (χ1v) is 6.27. The van der Waals surface area contributed by atoms with Crippen LogP contribution in [0.3, 0.4) is 0 Å². The highest BCUT2D eigenvalue weighted by molar-refractivity contribution is 5.52. The Balaban J connectivity index is 0.000000240. The minimum Gasteiger partial charge on any atom is -0.258 e. The molecule has 0 spiro atoms. The molecule has 0 aliphatic heterocycles. The molecule has 0 amide bonds. The standard InChI is InChI=1S/C8H6FNO2.C8H4FNO2/c2*1-2-6-5-7(10(11)12)3-4-8(6)9/h2-5H,1H2;1,3-5H. The molecule has 6 nitrogen and oxygen atoms in total. The predicted molar refractivity (Wildman–Crippen MR) is 84.1 cm³/mol. The molecule has 0 atom stereocenters. The lowest BCUT2D eigenvalue weighted by Crippen LogP contribution is -1.90. The second kappa shape index (κ2) is 8.14. The van der Waals surface area contributed by atoms with Gasteiger partial charge in [0, 0.05) is 29.8 Å². The number of nitro benzene ring substituents is 2. The molecule has 0 unspecified atom stereocenters. The SMILES string of the molecule is C#Cc1cc([N+](=O)[O-])ccc1F.C=Cc1cc([N+](=O)[O-])ccc1F. The molecular formula is C16H10F2N2O4. The van der Waals surface area contributed by atoms with Crippen LogP contribution < -0.4 is 0 Å². The van der Waals surface area contributed by atoms with Gasteiger partial charge in [0.25, 0.3) is 11.4 Å². The molecule has 0 saturated carbocycles. The fourth-order valence-corrected chi connectivity index (χ4v) is 1.54. The van der Waals surface area contributed by atoms with Gasteiger partial charge in [0.15, 0.2) is 0 Å². The molecule has 0 heterocycles. The molecular weight excluding hydrogens is 322 g/mol. The summed E-state index contributed by atoms with van der Waals surface area (Å²) in [4.78, 5) is 19.2. The first-order valence-electron chi connectivity index (χ1n) is 6.27. The van der Waals surface area contributed by atoms with Crippen molar-refractivity contribution in [1.82, 2.24) is 0 Å². The largest absolute Gasteiger partial charge is 0.270 e. The Kier molecular flexibility index (Phi) is 6.26. The third kappa shape index (κ3) is 4.71. The predicted octanol–water partition coefficient (Wildman–Crippen LogP) is 4.09. The smallest absolute Gasteiger partial charge is 0.258 e. The van der Waals surface area contributed by atoms with Gasteiger partial charge in [-0.05, 0) is 12.1 Å². The van der Waals surface area contributed by atoms with Crippen LogP contribution in [0.4, 0.5) is 20.2 Å². The molecule has 2 aromatic rings. The summed E-state index contributed by atoms with van der Waals surface area (Å²) < 4.78 is 25.4. The summed E-state index contributed by atoms with van der Waals surface area (Å²) >= 11 is 0. The van der Waals surface area contributed by atoms with Crippen LogP contribution >= 0.6 is 0 Å². The molecule has 2 aromatic carbocycles. The van der Waals surface area contributed by atoms with Gasteiger partial charge in [-0.15, -0.1) is 6.42 Å². The van der Waals surface area contributed by atoms with Crippen LogP contribution in [0.5, 0.6) is 0 Å². The average molecular weight is 332 g/mol. The zero-order valence-corrected chi connectivity index (χ0v) is 12.1. The van der Waals surface area contributed by atoms with Gasteiger partial charge in [0.05, 0.1) is 15.4 Å². The topological polar surface area (TPSA) is 86.3 Å². The van der Waals surface area contributed by atoms with Crippen LogP contribution in [0.2, 0.25) is 0 Å². The van der Waals surface area contributed by atoms with Crippen molar-refractivity contribution >= 4 is 17.5 Å². The lowest BCUT2D eigenvalue weighted by atomic mass is 10.2. The fraction of sp³-hybridized carbons (Fsp3) is 0. The van der Waals surface area contributed by atoms with Gasteiger partial charge in [-0.3, -0.25) is 20.2 Å². The number of halogens is 2. The zero-order valence-electron chi connectivity index (χ0n) is 12.1. The number of nitrogens with zero attached hydrogens (tertiary/aromatic N) is 2. The summed E-state index contributed by atoms with van der Waals surface area (Å²) in [6.45, 7) is 3.33. The van der Waals surface area contributed by atoms with Crippen molar-refractivity contribution in [3.05, 3.63) is 86.0 Å². The first kappa shape index (κ1) is 18.4. The summed E-state index contributed by atoms with van der Waals surface area (Å²) in [7, 11) is 0. The lowest BCUT2D eigenvalue weighted by Gasteiger charge is -1.95. The molecule has 0 radical (unpaired) electrons. The van der Waals surface area contributed by atoms with Gasteiger partial charge >= 0.3 is 0 Å². The van der Waals surface area contributed by atoms with E-state index >= 15 is 0 Å². The monoisotopic (exact) mass is 332 g/mol. The van der Waals surface area contributed by atoms with Crippen molar-refractivity contribution in [2.45, 2.75) is 0 Å². The highest BCUT2D eigenvalue weighted by Gasteiger charge is 2.08. The number of nitro groups is 2. The van der Waals surface area contributed by atoms with Crippen LogP contribution in [-0.4, -0.2) is 9.85 Å². The number of rotatable bonds is 3. The van der Waals surface area contributed by atoms with E-state index in [1.807, 2.05) is 5.92 Å². The molecule has 0 aliphatic carbocycles. The van der Waals surface area contributed by atoms with E-state index in [-0.39, 0.29) is 22.5 Å². The number of terminal acetylenes is 1. The van der Waals surface area contributed by atoms with Crippen LogP contribution in [0, 0.1) is 44.2 Å². The fourth-order valence-electron chi connectivity index (χ4n) is 1.54.